The maximum atomic E-state index is 13.3. The first-order chi connectivity index (χ1) is 16.7. The highest BCUT2D eigenvalue weighted by Gasteiger charge is 2.40. The summed E-state index contributed by atoms with van der Waals surface area (Å²) >= 11 is 0. The molecular weight excluding hydrogens is 447 g/mol. The molecule has 0 saturated carbocycles. The lowest BCUT2D eigenvalue weighted by atomic mass is 9.99. The number of benzene rings is 1. The zero-order valence-corrected chi connectivity index (χ0v) is 20.9. The molecular formula is C26H33FN6O2. The molecule has 2 aromatic heterocycles. The van der Waals surface area contributed by atoms with Gasteiger partial charge in [-0.05, 0) is 62.2 Å². The summed E-state index contributed by atoms with van der Waals surface area (Å²) in [5, 5.41) is 17.2. The van der Waals surface area contributed by atoms with E-state index in [1.165, 1.54) is 12.1 Å². The van der Waals surface area contributed by atoms with Crippen molar-refractivity contribution in [2.45, 2.75) is 46.4 Å². The zero-order valence-electron chi connectivity index (χ0n) is 20.9. The largest absolute Gasteiger partial charge is 0.479 e. The van der Waals surface area contributed by atoms with Crippen LogP contribution in [0, 0.1) is 12.7 Å². The van der Waals surface area contributed by atoms with E-state index in [9.17, 15) is 9.50 Å². The number of allylic oxidation sites excluding steroid dienone is 2. The average Bonchev–Trinajstić information content (AvgIpc) is 3.42. The Balaban J connectivity index is 0.00000167. The molecule has 1 aliphatic rings. The number of aromatic nitrogens is 3. The lowest BCUT2D eigenvalue weighted by molar-refractivity contribution is 0.0263. The molecule has 0 radical (unpaired) electrons. The monoisotopic (exact) mass is 480 g/mol. The Bertz CT molecular complexity index is 1230. The van der Waals surface area contributed by atoms with E-state index in [4.69, 9.17) is 10.5 Å². The molecule has 0 spiro atoms. The first kappa shape index (κ1) is 25.8. The van der Waals surface area contributed by atoms with Gasteiger partial charge in [-0.3, -0.25) is 0 Å². The van der Waals surface area contributed by atoms with Gasteiger partial charge in [0, 0.05) is 6.20 Å². The van der Waals surface area contributed by atoms with Crippen molar-refractivity contribution in [3.8, 4) is 11.6 Å². The summed E-state index contributed by atoms with van der Waals surface area (Å²) in [5.41, 5.74) is 9.21. The number of pyridine rings is 1. The predicted molar refractivity (Wildman–Crippen MR) is 135 cm³/mol. The van der Waals surface area contributed by atoms with Crippen molar-refractivity contribution in [2.75, 3.05) is 7.11 Å². The number of aryl methyl sites for hydroxylation is 1. The van der Waals surface area contributed by atoms with Gasteiger partial charge in [0.25, 0.3) is 0 Å². The Labute approximate surface area is 205 Å². The highest BCUT2D eigenvalue weighted by Crippen LogP contribution is 2.32. The molecule has 8 nitrogen and oxygen atoms in total. The SMILES string of the molecule is CC.COc1nc(/C(N)=C/C(C)=C2/NC(c3ccc(F)cc3)C(C)(O)N2)ccc1-n1cnc(C)c1. The second-order valence-corrected chi connectivity index (χ2v) is 8.21. The molecule has 5 N–H and O–H groups in total. The number of hydrogen-bond acceptors (Lipinski definition) is 7. The minimum Gasteiger partial charge on any atom is -0.479 e. The Kier molecular flexibility index (Phi) is 7.81. The van der Waals surface area contributed by atoms with Crippen LogP contribution in [0.1, 0.15) is 50.7 Å². The van der Waals surface area contributed by atoms with Crippen LogP contribution >= 0.6 is 0 Å². The van der Waals surface area contributed by atoms with E-state index in [1.54, 1.807) is 38.6 Å². The summed E-state index contributed by atoms with van der Waals surface area (Å²) in [5.74, 6) is 0.710. The lowest BCUT2D eigenvalue weighted by Crippen LogP contribution is -2.40. The normalized spacial score (nSPS) is 20.9. The quantitative estimate of drug-likeness (QED) is 0.438. The van der Waals surface area contributed by atoms with E-state index < -0.39 is 11.8 Å². The van der Waals surface area contributed by atoms with Crippen LogP contribution in [-0.4, -0.2) is 32.5 Å². The fraction of sp³-hybridized carbons (Fsp3) is 0.308. The molecule has 1 saturated heterocycles. The van der Waals surface area contributed by atoms with Crippen molar-refractivity contribution in [3.05, 3.63) is 89.2 Å². The third kappa shape index (κ3) is 5.63. The molecule has 2 atom stereocenters. The van der Waals surface area contributed by atoms with Gasteiger partial charge >= 0.3 is 0 Å². The van der Waals surface area contributed by atoms with E-state index in [2.05, 4.69) is 20.6 Å². The maximum absolute atomic E-state index is 13.3. The fourth-order valence-corrected chi connectivity index (χ4v) is 3.79. The number of nitrogens with zero attached hydrogens (tertiary/aromatic N) is 3. The highest BCUT2D eigenvalue weighted by atomic mass is 19.1. The molecule has 3 heterocycles. The van der Waals surface area contributed by atoms with E-state index in [-0.39, 0.29) is 5.82 Å². The van der Waals surface area contributed by atoms with Gasteiger partial charge in [-0.2, -0.15) is 0 Å². The van der Waals surface area contributed by atoms with Crippen LogP contribution in [0.15, 0.2) is 66.4 Å². The fourth-order valence-electron chi connectivity index (χ4n) is 3.79. The van der Waals surface area contributed by atoms with Crippen LogP contribution in [0.4, 0.5) is 4.39 Å². The van der Waals surface area contributed by atoms with Gasteiger partial charge in [-0.15, -0.1) is 0 Å². The molecule has 1 aromatic carbocycles. The van der Waals surface area contributed by atoms with Gasteiger partial charge in [0.1, 0.15) is 23.4 Å². The highest BCUT2D eigenvalue weighted by molar-refractivity contribution is 5.64. The van der Waals surface area contributed by atoms with Crippen molar-refractivity contribution in [1.82, 2.24) is 25.2 Å². The molecule has 1 aliphatic heterocycles. The number of aliphatic hydroxyl groups is 1. The molecule has 186 valence electrons. The number of hydrogen-bond donors (Lipinski definition) is 4. The van der Waals surface area contributed by atoms with E-state index >= 15 is 0 Å². The second kappa shape index (κ2) is 10.6. The first-order valence-electron chi connectivity index (χ1n) is 11.4. The summed E-state index contributed by atoms with van der Waals surface area (Å²) in [4.78, 5) is 8.78. The number of imidazole rings is 1. The van der Waals surface area contributed by atoms with E-state index in [0.29, 0.717) is 23.1 Å². The van der Waals surface area contributed by atoms with Crippen LogP contribution in [0.2, 0.25) is 0 Å². The van der Waals surface area contributed by atoms with Gasteiger partial charge in [0.05, 0.1) is 30.5 Å². The van der Waals surface area contributed by atoms with Crippen molar-refractivity contribution < 1.29 is 14.2 Å². The lowest BCUT2D eigenvalue weighted by Gasteiger charge is -2.24. The van der Waals surface area contributed by atoms with Crippen LogP contribution in [-0.2, 0) is 0 Å². The number of halogens is 1. The molecule has 0 bridgehead atoms. The van der Waals surface area contributed by atoms with Crippen LogP contribution in [0.5, 0.6) is 5.88 Å². The Hall–Kier alpha value is -3.85. The summed E-state index contributed by atoms with van der Waals surface area (Å²) in [6, 6.07) is 9.24. The summed E-state index contributed by atoms with van der Waals surface area (Å²) in [7, 11) is 1.55. The average molecular weight is 481 g/mol. The smallest absolute Gasteiger partial charge is 0.238 e. The van der Waals surface area contributed by atoms with Crippen LogP contribution < -0.4 is 21.1 Å². The topological polar surface area (TPSA) is 110 Å². The van der Waals surface area contributed by atoms with E-state index in [0.717, 1.165) is 22.5 Å². The van der Waals surface area contributed by atoms with E-state index in [1.807, 2.05) is 50.6 Å². The van der Waals surface area contributed by atoms with Crippen molar-refractivity contribution in [1.29, 1.82) is 0 Å². The number of ether oxygens (including phenoxy) is 1. The standard InChI is InChI=1S/C24H27FN6O2.C2H6/c1-14(22-29-21(24(3,32)30-22)16-5-7-17(25)8-6-16)11-18(26)19-9-10-20(23(28-19)33-4)31-12-15(2)27-13-31;1-2/h5-13,21,29-30,32H,26H2,1-4H3;1-2H3/b18-11-,22-14-;. The Morgan fingerprint density at radius 3 is 2.51 bits per heavy atom. The summed E-state index contributed by atoms with van der Waals surface area (Å²) < 4.78 is 20.6. The second-order valence-electron chi connectivity index (χ2n) is 8.21. The van der Waals surface area contributed by atoms with Gasteiger partial charge in [0.15, 0.2) is 5.72 Å². The van der Waals surface area contributed by atoms with Crippen LogP contribution in [0.25, 0.3) is 11.4 Å². The number of nitrogens with two attached hydrogens (primary N) is 1. The van der Waals surface area contributed by atoms with Crippen molar-refractivity contribution in [2.24, 2.45) is 5.73 Å². The number of methoxy groups -OCH3 is 1. The maximum Gasteiger partial charge on any atom is 0.238 e. The summed E-state index contributed by atoms with van der Waals surface area (Å²) in [6.07, 6.45) is 5.35. The zero-order chi connectivity index (χ0) is 25.8. The molecule has 0 amide bonds. The van der Waals surface area contributed by atoms with Gasteiger partial charge in [0.2, 0.25) is 5.88 Å². The minimum atomic E-state index is -1.27. The predicted octanol–water partition coefficient (Wildman–Crippen LogP) is 3.92. The molecule has 0 aliphatic carbocycles. The molecule has 2 unspecified atom stereocenters. The molecule has 35 heavy (non-hydrogen) atoms. The summed E-state index contributed by atoms with van der Waals surface area (Å²) in [6.45, 7) is 9.43. The molecule has 9 heteroatoms. The molecule has 1 fully saturated rings. The third-order valence-corrected chi connectivity index (χ3v) is 5.52. The minimum absolute atomic E-state index is 0.330. The van der Waals surface area contributed by atoms with Crippen LogP contribution in [0.3, 0.4) is 0 Å². The van der Waals surface area contributed by atoms with Gasteiger partial charge in [-0.25, -0.2) is 14.4 Å². The number of rotatable bonds is 5. The molecule has 3 aromatic rings. The Morgan fingerprint density at radius 2 is 1.91 bits per heavy atom. The Morgan fingerprint density at radius 1 is 1.23 bits per heavy atom. The van der Waals surface area contributed by atoms with Gasteiger partial charge in [-0.1, -0.05) is 26.0 Å². The number of nitrogens with one attached hydrogen (secondary N) is 2. The first-order valence-corrected chi connectivity index (χ1v) is 11.4. The van der Waals surface area contributed by atoms with Gasteiger partial charge < -0.3 is 30.8 Å². The third-order valence-electron chi connectivity index (χ3n) is 5.52. The molecule has 4 rings (SSSR count). The van der Waals surface area contributed by atoms with Crippen molar-refractivity contribution in [3.63, 3.8) is 0 Å². The van der Waals surface area contributed by atoms with Crippen molar-refractivity contribution >= 4 is 5.70 Å².